The van der Waals surface area contributed by atoms with E-state index in [0.29, 0.717) is 33.8 Å². The SMILES string of the molecule is Cc1ncnc(C)c1C(=O)NCc1[nH]cc(C)c(=O)c1C. The number of aromatic amines is 1. The van der Waals surface area contributed by atoms with Gasteiger partial charge in [0.2, 0.25) is 0 Å². The van der Waals surface area contributed by atoms with Crippen LogP contribution in [0, 0.1) is 27.7 Å². The van der Waals surface area contributed by atoms with Gasteiger partial charge in [0.05, 0.1) is 23.5 Å². The van der Waals surface area contributed by atoms with E-state index >= 15 is 0 Å². The molecule has 0 saturated carbocycles. The molecule has 0 aliphatic heterocycles. The van der Waals surface area contributed by atoms with Crippen molar-refractivity contribution in [2.45, 2.75) is 34.2 Å². The second-order valence-electron chi connectivity index (χ2n) is 5.01. The van der Waals surface area contributed by atoms with Gasteiger partial charge in [-0.05, 0) is 27.7 Å². The molecule has 0 saturated heterocycles. The van der Waals surface area contributed by atoms with Crippen LogP contribution in [0.5, 0.6) is 0 Å². The molecule has 6 nitrogen and oxygen atoms in total. The molecule has 2 N–H and O–H groups in total. The molecular formula is C15H18N4O2. The Hall–Kier alpha value is -2.50. The van der Waals surface area contributed by atoms with Crippen LogP contribution in [0.4, 0.5) is 0 Å². The standard InChI is InChI=1S/C15H18N4O2/c1-8-5-16-12(9(2)14(8)20)6-17-15(21)13-10(3)18-7-19-11(13)4/h5,7H,6H2,1-4H3,(H,16,20)(H,17,21). The van der Waals surface area contributed by atoms with Gasteiger partial charge in [-0.25, -0.2) is 9.97 Å². The summed E-state index contributed by atoms with van der Waals surface area (Å²) in [6, 6.07) is 0. The summed E-state index contributed by atoms with van der Waals surface area (Å²) >= 11 is 0. The molecule has 0 spiro atoms. The molecule has 2 heterocycles. The fraction of sp³-hybridized carbons (Fsp3) is 0.333. The highest BCUT2D eigenvalue weighted by atomic mass is 16.1. The maximum Gasteiger partial charge on any atom is 0.255 e. The number of nitrogens with zero attached hydrogens (tertiary/aromatic N) is 2. The van der Waals surface area contributed by atoms with E-state index in [-0.39, 0.29) is 17.9 Å². The van der Waals surface area contributed by atoms with Crippen LogP contribution < -0.4 is 10.7 Å². The summed E-state index contributed by atoms with van der Waals surface area (Å²) in [5.74, 6) is -0.244. The number of aromatic nitrogens is 3. The third-order valence-corrected chi connectivity index (χ3v) is 3.49. The number of H-pyrrole nitrogens is 1. The Labute approximate surface area is 122 Å². The molecule has 2 aromatic heterocycles. The molecule has 110 valence electrons. The lowest BCUT2D eigenvalue weighted by Gasteiger charge is -2.10. The molecule has 2 aromatic rings. The lowest BCUT2D eigenvalue weighted by molar-refractivity contribution is 0.0948. The molecule has 0 radical (unpaired) electrons. The van der Waals surface area contributed by atoms with Gasteiger partial charge in [0.25, 0.3) is 5.91 Å². The zero-order valence-electron chi connectivity index (χ0n) is 12.6. The summed E-state index contributed by atoms with van der Waals surface area (Å²) in [4.78, 5) is 35.2. The minimum atomic E-state index is -0.244. The van der Waals surface area contributed by atoms with Crippen LogP contribution >= 0.6 is 0 Å². The average molecular weight is 286 g/mol. The van der Waals surface area contributed by atoms with Gasteiger partial charge in [-0.1, -0.05) is 0 Å². The maximum atomic E-state index is 12.2. The highest BCUT2D eigenvalue weighted by Crippen LogP contribution is 2.08. The first-order valence-corrected chi connectivity index (χ1v) is 6.66. The van der Waals surface area contributed by atoms with E-state index in [1.54, 1.807) is 33.9 Å². The van der Waals surface area contributed by atoms with Gasteiger partial charge in [-0.15, -0.1) is 0 Å². The number of nitrogens with one attached hydrogen (secondary N) is 2. The minimum Gasteiger partial charge on any atom is -0.363 e. The molecule has 0 fully saturated rings. The molecular weight excluding hydrogens is 268 g/mol. The molecule has 0 aliphatic rings. The highest BCUT2D eigenvalue weighted by molar-refractivity contribution is 5.96. The van der Waals surface area contributed by atoms with Gasteiger partial charge in [0.15, 0.2) is 5.43 Å². The second-order valence-corrected chi connectivity index (χ2v) is 5.01. The zero-order chi connectivity index (χ0) is 15.6. The van der Waals surface area contributed by atoms with E-state index in [0.717, 1.165) is 0 Å². The van der Waals surface area contributed by atoms with Crippen molar-refractivity contribution in [3.05, 3.63) is 56.5 Å². The molecule has 0 aromatic carbocycles. The van der Waals surface area contributed by atoms with E-state index in [2.05, 4.69) is 20.3 Å². The van der Waals surface area contributed by atoms with Crippen molar-refractivity contribution in [2.75, 3.05) is 0 Å². The number of pyridine rings is 1. The summed E-state index contributed by atoms with van der Waals surface area (Å²) in [6.07, 6.45) is 3.09. The van der Waals surface area contributed by atoms with Crippen LogP contribution in [0.25, 0.3) is 0 Å². The molecule has 2 rings (SSSR count). The van der Waals surface area contributed by atoms with Crippen molar-refractivity contribution in [3.8, 4) is 0 Å². The Morgan fingerprint density at radius 2 is 1.81 bits per heavy atom. The van der Waals surface area contributed by atoms with Gasteiger partial charge in [-0.2, -0.15) is 0 Å². The van der Waals surface area contributed by atoms with Gasteiger partial charge >= 0.3 is 0 Å². The average Bonchev–Trinajstić information content (AvgIpc) is 2.44. The van der Waals surface area contributed by atoms with Crippen LogP contribution in [0.2, 0.25) is 0 Å². The quantitative estimate of drug-likeness (QED) is 0.891. The van der Waals surface area contributed by atoms with Crippen molar-refractivity contribution in [2.24, 2.45) is 0 Å². The predicted octanol–water partition coefficient (Wildman–Crippen LogP) is 1.33. The van der Waals surface area contributed by atoms with Crippen LogP contribution in [-0.4, -0.2) is 20.9 Å². The van der Waals surface area contributed by atoms with Gasteiger partial charge < -0.3 is 10.3 Å². The van der Waals surface area contributed by atoms with Gasteiger partial charge in [-0.3, -0.25) is 9.59 Å². The lowest BCUT2D eigenvalue weighted by atomic mass is 10.1. The van der Waals surface area contributed by atoms with E-state index < -0.39 is 0 Å². The minimum absolute atomic E-state index is 0.00611. The van der Waals surface area contributed by atoms with E-state index in [1.807, 2.05) is 0 Å². The summed E-state index contributed by atoms with van der Waals surface area (Å²) in [5, 5.41) is 2.80. The van der Waals surface area contributed by atoms with Crippen molar-refractivity contribution >= 4 is 5.91 Å². The Morgan fingerprint density at radius 1 is 1.19 bits per heavy atom. The largest absolute Gasteiger partial charge is 0.363 e. The Morgan fingerprint density at radius 3 is 2.43 bits per heavy atom. The first-order valence-electron chi connectivity index (χ1n) is 6.66. The molecule has 6 heteroatoms. The molecule has 0 aliphatic carbocycles. The Kier molecular flexibility index (Phi) is 4.16. The summed E-state index contributed by atoms with van der Waals surface area (Å²) < 4.78 is 0. The fourth-order valence-corrected chi connectivity index (χ4v) is 2.16. The smallest absolute Gasteiger partial charge is 0.255 e. The van der Waals surface area contributed by atoms with Crippen LogP contribution in [0.1, 0.15) is 38.6 Å². The summed E-state index contributed by atoms with van der Waals surface area (Å²) in [5.41, 5.74) is 3.71. The molecule has 1 amide bonds. The number of amides is 1. The number of hydrogen-bond acceptors (Lipinski definition) is 4. The molecule has 0 unspecified atom stereocenters. The Balaban J connectivity index is 2.19. The van der Waals surface area contributed by atoms with Crippen LogP contribution in [0.15, 0.2) is 17.3 Å². The molecule has 0 atom stereocenters. The van der Waals surface area contributed by atoms with E-state index in [1.165, 1.54) is 6.33 Å². The van der Waals surface area contributed by atoms with Gasteiger partial charge in [0.1, 0.15) is 6.33 Å². The van der Waals surface area contributed by atoms with Crippen molar-refractivity contribution in [1.82, 2.24) is 20.3 Å². The van der Waals surface area contributed by atoms with E-state index in [4.69, 9.17) is 0 Å². The Bertz CT molecular complexity index is 730. The number of carbonyl (C=O) groups is 1. The molecule has 0 bridgehead atoms. The predicted molar refractivity (Wildman–Crippen MR) is 79.2 cm³/mol. The third kappa shape index (κ3) is 2.99. The van der Waals surface area contributed by atoms with Gasteiger partial charge in [0, 0.05) is 23.0 Å². The third-order valence-electron chi connectivity index (χ3n) is 3.49. The number of hydrogen-bond donors (Lipinski definition) is 2. The summed E-state index contributed by atoms with van der Waals surface area (Å²) in [7, 11) is 0. The van der Waals surface area contributed by atoms with Crippen molar-refractivity contribution in [1.29, 1.82) is 0 Å². The van der Waals surface area contributed by atoms with Crippen molar-refractivity contribution in [3.63, 3.8) is 0 Å². The number of carbonyl (C=O) groups excluding carboxylic acids is 1. The van der Waals surface area contributed by atoms with Crippen molar-refractivity contribution < 1.29 is 4.79 Å². The van der Waals surface area contributed by atoms with Crippen LogP contribution in [-0.2, 0) is 6.54 Å². The zero-order valence-corrected chi connectivity index (χ0v) is 12.6. The normalized spacial score (nSPS) is 10.5. The molecule has 21 heavy (non-hydrogen) atoms. The fourth-order valence-electron chi connectivity index (χ4n) is 2.16. The first-order chi connectivity index (χ1) is 9.91. The highest BCUT2D eigenvalue weighted by Gasteiger charge is 2.14. The monoisotopic (exact) mass is 286 g/mol. The second kappa shape index (κ2) is 5.87. The number of aryl methyl sites for hydroxylation is 3. The lowest BCUT2D eigenvalue weighted by Crippen LogP contribution is -2.27. The summed E-state index contributed by atoms with van der Waals surface area (Å²) in [6.45, 7) is 7.29. The topological polar surface area (TPSA) is 87.7 Å². The number of rotatable bonds is 3. The van der Waals surface area contributed by atoms with Crippen LogP contribution in [0.3, 0.4) is 0 Å². The van der Waals surface area contributed by atoms with E-state index in [9.17, 15) is 9.59 Å². The first kappa shape index (κ1) is 14.9. The maximum absolute atomic E-state index is 12.2.